The number of allylic oxidation sites excluding steroid dienone is 2. The molecule has 0 heterocycles. The molecule has 0 amide bonds. The number of aryl methyl sites for hydroxylation is 1. The molecule has 0 bridgehead atoms. The second-order valence-electron chi connectivity index (χ2n) is 5.65. The quantitative estimate of drug-likeness (QED) is 0.604. The lowest BCUT2D eigenvalue weighted by Crippen LogP contribution is -2.35. The SMILES string of the molecule is COC1(OC)CC=CC=C1c1ccccc1.Cc1ccc(P)cc1. The van der Waals surface area contributed by atoms with Gasteiger partial charge in [-0.25, -0.2) is 0 Å². The highest BCUT2D eigenvalue weighted by Gasteiger charge is 2.35. The van der Waals surface area contributed by atoms with E-state index in [0.29, 0.717) is 0 Å². The van der Waals surface area contributed by atoms with Crippen LogP contribution in [-0.2, 0) is 9.47 Å². The molecule has 126 valence electrons. The van der Waals surface area contributed by atoms with E-state index in [1.54, 1.807) is 14.2 Å². The Hall–Kier alpha value is -1.73. The molecule has 0 spiro atoms. The van der Waals surface area contributed by atoms with Crippen molar-refractivity contribution in [3.63, 3.8) is 0 Å². The van der Waals surface area contributed by atoms with Crippen LogP contribution in [0.3, 0.4) is 0 Å². The maximum Gasteiger partial charge on any atom is 0.198 e. The molecular weight excluding hydrogens is 315 g/mol. The van der Waals surface area contributed by atoms with Crippen molar-refractivity contribution in [3.05, 3.63) is 84.0 Å². The van der Waals surface area contributed by atoms with Gasteiger partial charge in [-0.15, -0.1) is 9.24 Å². The first kappa shape index (κ1) is 18.6. The summed E-state index contributed by atoms with van der Waals surface area (Å²) in [4.78, 5) is 0. The van der Waals surface area contributed by atoms with Crippen LogP contribution in [-0.4, -0.2) is 20.0 Å². The molecular formula is C21H25O2P. The van der Waals surface area contributed by atoms with Crippen molar-refractivity contribution in [2.24, 2.45) is 0 Å². The van der Waals surface area contributed by atoms with Gasteiger partial charge in [-0.05, 0) is 17.8 Å². The number of rotatable bonds is 3. The van der Waals surface area contributed by atoms with Gasteiger partial charge >= 0.3 is 0 Å². The maximum atomic E-state index is 5.55. The van der Waals surface area contributed by atoms with Gasteiger partial charge in [-0.2, -0.15) is 0 Å². The zero-order valence-electron chi connectivity index (χ0n) is 14.5. The van der Waals surface area contributed by atoms with E-state index in [1.165, 1.54) is 10.9 Å². The summed E-state index contributed by atoms with van der Waals surface area (Å²) in [5.41, 5.74) is 3.52. The fourth-order valence-electron chi connectivity index (χ4n) is 2.59. The van der Waals surface area contributed by atoms with Crippen molar-refractivity contribution in [1.29, 1.82) is 0 Å². The Balaban J connectivity index is 0.000000219. The minimum absolute atomic E-state index is 0.643. The first-order valence-corrected chi connectivity index (χ1v) is 8.54. The molecule has 24 heavy (non-hydrogen) atoms. The van der Waals surface area contributed by atoms with Crippen molar-refractivity contribution in [2.45, 2.75) is 19.1 Å². The highest BCUT2D eigenvalue weighted by Crippen LogP contribution is 2.36. The van der Waals surface area contributed by atoms with E-state index in [-0.39, 0.29) is 0 Å². The molecule has 1 aliphatic rings. The molecule has 1 unspecified atom stereocenters. The van der Waals surface area contributed by atoms with Gasteiger partial charge in [-0.1, -0.05) is 78.4 Å². The molecule has 3 rings (SSSR count). The summed E-state index contributed by atoms with van der Waals surface area (Å²) in [6.07, 6.45) is 6.88. The molecule has 2 aromatic carbocycles. The second-order valence-corrected chi connectivity index (χ2v) is 6.32. The standard InChI is InChI=1S/C14H16O2.C7H9P/c1-15-14(16-2)11-7-6-10-13(14)12-8-4-3-5-9-12;1-6-2-4-7(8)5-3-6/h3-10H,11H2,1-2H3;2-5H,8H2,1H3. The summed E-state index contributed by atoms with van der Waals surface area (Å²) >= 11 is 0. The van der Waals surface area contributed by atoms with E-state index >= 15 is 0 Å². The minimum atomic E-state index is -0.643. The lowest BCUT2D eigenvalue weighted by Gasteiger charge is -2.34. The van der Waals surface area contributed by atoms with Gasteiger partial charge < -0.3 is 9.47 Å². The number of benzene rings is 2. The number of hydrogen-bond acceptors (Lipinski definition) is 2. The van der Waals surface area contributed by atoms with E-state index in [4.69, 9.17) is 9.47 Å². The fourth-order valence-corrected chi connectivity index (χ4v) is 2.79. The molecule has 2 aromatic rings. The van der Waals surface area contributed by atoms with Gasteiger partial charge in [0.25, 0.3) is 0 Å². The molecule has 1 atom stereocenters. The fraction of sp³-hybridized carbons (Fsp3) is 0.238. The van der Waals surface area contributed by atoms with Crippen LogP contribution in [0, 0.1) is 6.92 Å². The normalized spacial score (nSPS) is 15.2. The van der Waals surface area contributed by atoms with Crippen LogP contribution >= 0.6 is 9.24 Å². The van der Waals surface area contributed by atoms with Crippen molar-refractivity contribution >= 4 is 20.1 Å². The molecule has 1 aliphatic carbocycles. The van der Waals surface area contributed by atoms with Crippen molar-refractivity contribution in [1.82, 2.24) is 0 Å². The zero-order valence-corrected chi connectivity index (χ0v) is 15.7. The van der Waals surface area contributed by atoms with Crippen LogP contribution in [0.4, 0.5) is 0 Å². The van der Waals surface area contributed by atoms with Gasteiger partial charge in [-0.3, -0.25) is 0 Å². The van der Waals surface area contributed by atoms with E-state index in [1.807, 2.05) is 30.4 Å². The lowest BCUT2D eigenvalue weighted by atomic mass is 9.91. The number of ether oxygens (including phenoxy) is 2. The topological polar surface area (TPSA) is 18.5 Å². The maximum absolute atomic E-state index is 5.55. The molecule has 0 saturated carbocycles. The van der Waals surface area contributed by atoms with Crippen LogP contribution in [0.1, 0.15) is 17.5 Å². The predicted octanol–water partition coefficient (Wildman–Crippen LogP) is 4.51. The largest absolute Gasteiger partial charge is 0.349 e. The summed E-state index contributed by atoms with van der Waals surface area (Å²) in [6, 6.07) is 18.5. The van der Waals surface area contributed by atoms with Gasteiger partial charge in [0.1, 0.15) is 0 Å². The lowest BCUT2D eigenvalue weighted by molar-refractivity contribution is -0.159. The van der Waals surface area contributed by atoms with Gasteiger partial charge in [0.05, 0.1) is 0 Å². The van der Waals surface area contributed by atoms with Crippen LogP contribution < -0.4 is 5.30 Å². The summed E-state index contributed by atoms with van der Waals surface area (Å²) in [5.74, 6) is -0.643. The van der Waals surface area contributed by atoms with Crippen LogP contribution in [0.5, 0.6) is 0 Å². The molecule has 0 fully saturated rings. The summed E-state index contributed by atoms with van der Waals surface area (Å²) in [7, 11) is 6.01. The van der Waals surface area contributed by atoms with E-state index in [2.05, 4.69) is 58.6 Å². The highest BCUT2D eigenvalue weighted by molar-refractivity contribution is 7.27. The Morgan fingerprint density at radius 2 is 1.54 bits per heavy atom. The zero-order chi connectivity index (χ0) is 17.4. The monoisotopic (exact) mass is 340 g/mol. The van der Waals surface area contributed by atoms with Gasteiger partial charge in [0.2, 0.25) is 0 Å². The van der Waals surface area contributed by atoms with Crippen molar-refractivity contribution in [3.8, 4) is 0 Å². The Morgan fingerprint density at radius 1 is 0.917 bits per heavy atom. The first-order chi connectivity index (χ1) is 11.6. The molecule has 0 aromatic heterocycles. The average Bonchev–Trinajstić information content (AvgIpc) is 2.65. The third-order valence-electron chi connectivity index (χ3n) is 4.02. The van der Waals surface area contributed by atoms with E-state index in [9.17, 15) is 0 Å². The molecule has 0 N–H and O–H groups in total. The minimum Gasteiger partial charge on any atom is -0.349 e. The summed E-state index contributed by atoms with van der Waals surface area (Å²) < 4.78 is 11.1. The van der Waals surface area contributed by atoms with E-state index in [0.717, 1.165) is 17.6 Å². The Morgan fingerprint density at radius 3 is 2.08 bits per heavy atom. The van der Waals surface area contributed by atoms with Crippen LogP contribution in [0.2, 0.25) is 0 Å². The first-order valence-electron chi connectivity index (χ1n) is 7.96. The Kier molecular flexibility index (Phi) is 6.93. The average molecular weight is 340 g/mol. The smallest absolute Gasteiger partial charge is 0.198 e. The summed E-state index contributed by atoms with van der Waals surface area (Å²) in [6.45, 7) is 2.09. The number of hydrogen-bond donors (Lipinski definition) is 0. The molecule has 0 radical (unpaired) electrons. The van der Waals surface area contributed by atoms with Crippen LogP contribution in [0.15, 0.2) is 72.8 Å². The molecule has 0 aliphatic heterocycles. The Bertz CT molecular complexity index is 663. The highest BCUT2D eigenvalue weighted by atomic mass is 31.0. The predicted molar refractivity (Wildman–Crippen MR) is 105 cm³/mol. The number of methoxy groups -OCH3 is 2. The van der Waals surface area contributed by atoms with Gasteiger partial charge in [0, 0.05) is 26.2 Å². The summed E-state index contributed by atoms with van der Waals surface area (Å²) in [5, 5.41) is 1.25. The molecule has 2 nitrogen and oxygen atoms in total. The third kappa shape index (κ3) is 4.64. The van der Waals surface area contributed by atoms with Crippen LogP contribution in [0.25, 0.3) is 5.57 Å². The van der Waals surface area contributed by atoms with Crippen molar-refractivity contribution in [2.75, 3.05) is 14.2 Å². The van der Waals surface area contributed by atoms with Gasteiger partial charge in [0.15, 0.2) is 5.79 Å². The molecule has 0 saturated heterocycles. The third-order valence-corrected chi connectivity index (χ3v) is 4.40. The van der Waals surface area contributed by atoms with Crippen molar-refractivity contribution < 1.29 is 9.47 Å². The Labute approximate surface area is 147 Å². The van der Waals surface area contributed by atoms with E-state index < -0.39 is 5.79 Å². The second kappa shape index (κ2) is 8.94. The molecule has 3 heteroatoms.